The van der Waals surface area contributed by atoms with E-state index in [9.17, 15) is 10.1 Å². The number of hydrogen-bond acceptors (Lipinski definition) is 3. The predicted molar refractivity (Wildman–Crippen MR) is 112 cm³/mol. The van der Waals surface area contributed by atoms with E-state index >= 15 is 0 Å². The van der Waals surface area contributed by atoms with Crippen LogP contribution >= 0.6 is 11.8 Å². The molecular weight excluding hydrogens is 364 g/mol. The lowest BCUT2D eigenvalue weighted by Gasteiger charge is -2.07. The minimum Gasteiger partial charge on any atom is -0.293 e. The normalized spacial score (nSPS) is 11.6. The third kappa shape index (κ3) is 3.12. The van der Waals surface area contributed by atoms with Crippen LogP contribution < -0.4 is 4.98 Å². The highest BCUT2D eigenvalue weighted by atomic mass is 32.2. The lowest BCUT2D eigenvalue weighted by Crippen LogP contribution is -2.18. The van der Waals surface area contributed by atoms with E-state index in [0.717, 1.165) is 33.8 Å². The number of Topliss-reactive ketones (excluding diaryl/α,β-unsaturated/α-hetero) is 1. The number of thioether (sulfide) groups is 1. The van der Waals surface area contributed by atoms with Gasteiger partial charge in [-0.15, -0.1) is 0 Å². The fourth-order valence-corrected chi connectivity index (χ4v) is 4.76. The zero-order valence-corrected chi connectivity index (χ0v) is 17.0. The summed E-state index contributed by atoms with van der Waals surface area (Å²) in [4.78, 5) is 16.1. The molecule has 0 saturated carbocycles. The summed E-state index contributed by atoms with van der Waals surface area (Å²) in [6.07, 6.45) is 0.877. The van der Waals surface area contributed by atoms with Gasteiger partial charge < -0.3 is 0 Å². The van der Waals surface area contributed by atoms with E-state index in [0.29, 0.717) is 11.3 Å². The first kappa shape index (κ1) is 18.5. The van der Waals surface area contributed by atoms with E-state index < -0.39 is 0 Å². The summed E-state index contributed by atoms with van der Waals surface area (Å²) >= 11 is 1.40. The largest absolute Gasteiger partial charge is 0.293 e. The highest BCUT2D eigenvalue weighted by Crippen LogP contribution is 2.37. The Morgan fingerprint density at radius 1 is 1.07 bits per heavy atom. The third-order valence-corrected chi connectivity index (χ3v) is 6.60. The second-order valence-electron chi connectivity index (χ2n) is 7.23. The molecule has 4 rings (SSSR count). The number of carbonyl (C=O) groups excluding carboxylic acids is 1. The molecule has 0 atom stereocenters. The zero-order chi connectivity index (χ0) is 19.8. The molecule has 1 aliphatic carbocycles. The van der Waals surface area contributed by atoms with Crippen LogP contribution in [0.15, 0.2) is 47.5 Å². The lowest BCUT2D eigenvalue weighted by molar-refractivity contribution is -0.436. The lowest BCUT2D eigenvalue weighted by atomic mass is 10.0. The number of H-pyrrole nitrogens is 1. The van der Waals surface area contributed by atoms with Crippen molar-refractivity contribution in [1.29, 1.82) is 5.26 Å². The number of benzene rings is 2. The first-order valence-electron chi connectivity index (χ1n) is 9.30. The molecule has 0 aliphatic heterocycles. The summed E-state index contributed by atoms with van der Waals surface area (Å²) in [6, 6.07) is 16.7. The Morgan fingerprint density at radius 2 is 1.82 bits per heavy atom. The van der Waals surface area contributed by atoms with Gasteiger partial charge in [0.25, 0.3) is 5.03 Å². The van der Waals surface area contributed by atoms with Gasteiger partial charge in [-0.1, -0.05) is 36.4 Å². The average molecular weight is 386 g/mol. The Bertz CT molecular complexity index is 1160. The molecule has 138 valence electrons. The van der Waals surface area contributed by atoms with E-state index in [1.165, 1.54) is 34.0 Å². The van der Waals surface area contributed by atoms with Gasteiger partial charge in [0.05, 0.1) is 5.75 Å². The van der Waals surface area contributed by atoms with Gasteiger partial charge in [0.1, 0.15) is 11.6 Å². The average Bonchev–Trinajstić information content (AvgIpc) is 3.08. The Labute approximate surface area is 169 Å². The molecule has 0 fully saturated rings. The van der Waals surface area contributed by atoms with Gasteiger partial charge in [-0.3, -0.25) is 4.79 Å². The van der Waals surface area contributed by atoms with Crippen molar-refractivity contribution in [2.24, 2.45) is 0 Å². The van der Waals surface area contributed by atoms with Crippen LogP contribution in [0.3, 0.4) is 0 Å². The zero-order valence-electron chi connectivity index (χ0n) is 16.2. The molecular formula is C24H21N2OS+. The number of rotatable bonds is 4. The van der Waals surface area contributed by atoms with Crippen LogP contribution in [0.5, 0.6) is 0 Å². The molecule has 28 heavy (non-hydrogen) atoms. The molecule has 4 heteroatoms. The molecule has 0 bridgehead atoms. The molecule has 1 aromatic heterocycles. The van der Waals surface area contributed by atoms with Crippen molar-refractivity contribution in [2.45, 2.75) is 32.2 Å². The summed E-state index contributed by atoms with van der Waals surface area (Å²) in [7, 11) is 0. The van der Waals surface area contributed by atoms with Gasteiger partial charge in [-0.2, -0.15) is 5.26 Å². The van der Waals surface area contributed by atoms with Crippen molar-refractivity contribution in [3.05, 3.63) is 81.5 Å². The number of aryl methyl sites for hydroxylation is 1. The molecule has 1 N–H and O–H groups in total. The summed E-state index contributed by atoms with van der Waals surface area (Å²) in [6.45, 7) is 5.95. The van der Waals surface area contributed by atoms with Gasteiger partial charge in [-0.25, -0.2) is 4.98 Å². The van der Waals surface area contributed by atoms with E-state index in [-0.39, 0.29) is 5.78 Å². The third-order valence-electron chi connectivity index (χ3n) is 5.60. The first-order chi connectivity index (χ1) is 13.5. The summed E-state index contributed by atoms with van der Waals surface area (Å²) < 4.78 is 0. The Kier molecular flexibility index (Phi) is 4.78. The molecule has 3 aromatic rings. The molecule has 1 aliphatic rings. The maximum Gasteiger partial charge on any atom is 0.257 e. The second kappa shape index (κ2) is 7.26. The van der Waals surface area contributed by atoms with Crippen LogP contribution in [0.1, 0.15) is 43.9 Å². The van der Waals surface area contributed by atoms with Crippen LogP contribution in [0, 0.1) is 32.1 Å². The van der Waals surface area contributed by atoms with Crippen LogP contribution in [0.25, 0.3) is 11.1 Å². The number of carbonyl (C=O) groups is 1. The maximum atomic E-state index is 12.8. The monoisotopic (exact) mass is 385 g/mol. The number of fused-ring (bicyclic) bond motifs is 3. The highest BCUT2D eigenvalue weighted by Gasteiger charge is 2.22. The van der Waals surface area contributed by atoms with Crippen LogP contribution in [0.2, 0.25) is 0 Å². The van der Waals surface area contributed by atoms with Crippen molar-refractivity contribution in [3.8, 4) is 17.2 Å². The van der Waals surface area contributed by atoms with Crippen molar-refractivity contribution in [3.63, 3.8) is 0 Å². The maximum absolute atomic E-state index is 12.8. The van der Waals surface area contributed by atoms with Crippen molar-refractivity contribution in [2.75, 3.05) is 5.75 Å². The summed E-state index contributed by atoms with van der Waals surface area (Å²) in [5.41, 5.74) is 9.48. The second-order valence-corrected chi connectivity index (χ2v) is 8.22. The van der Waals surface area contributed by atoms with Gasteiger partial charge in [0, 0.05) is 18.1 Å². The predicted octanol–water partition coefficient (Wildman–Crippen LogP) is 4.84. The van der Waals surface area contributed by atoms with E-state index in [2.05, 4.69) is 41.4 Å². The number of ketones is 1. The highest BCUT2D eigenvalue weighted by molar-refractivity contribution is 7.99. The number of hydrogen-bond donors (Lipinski definition) is 0. The van der Waals surface area contributed by atoms with Gasteiger partial charge >= 0.3 is 0 Å². The van der Waals surface area contributed by atoms with E-state index in [1.807, 2.05) is 32.9 Å². The van der Waals surface area contributed by atoms with Crippen LogP contribution in [0.4, 0.5) is 0 Å². The Balaban J connectivity index is 1.55. The SMILES string of the molecule is Cc1[nH+]c(SCC(=O)c2ccc3c(c2)Cc2ccccc2-3)c(C#N)c(C)c1C. The number of nitriles is 1. The standard InChI is InChI=1S/C24H20N2OS/c1-14-15(2)22(12-25)24(26-16(14)3)28-13-23(27)18-8-9-21-19(11-18)10-17-6-4-5-7-20(17)21/h4-9,11H,10,13H2,1-3H3/p+1. The molecule has 0 unspecified atom stereocenters. The van der Waals surface area contributed by atoms with Gasteiger partial charge in [0.2, 0.25) is 0 Å². The molecule has 0 spiro atoms. The number of nitrogens with zero attached hydrogens (tertiary/aromatic N) is 1. The van der Waals surface area contributed by atoms with Crippen LogP contribution in [-0.2, 0) is 6.42 Å². The topological polar surface area (TPSA) is 55.0 Å². The molecule has 2 aromatic carbocycles. The van der Waals surface area contributed by atoms with Gasteiger partial charge in [-0.05, 0) is 65.9 Å². The fraction of sp³-hybridized carbons (Fsp3) is 0.208. The van der Waals surface area contributed by atoms with Crippen LogP contribution in [-0.4, -0.2) is 11.5 Å². The number of nitrogens with one attached hydrogen (secondary N) is 1. The Hall–Kier alpha value is -2.90. The molecule has 0 radical (unpaired) electrons. The summed E-state index contributed by atoms with van der Waals surface area (Å²) in [5.74, 6) is 0.385. The van der Waals surface area contributed by atoms with E-state index in [4.69, 9.17) is 0 Å². The van der Waals surface area contributed by atoms with Crippen molar-refractivity contribution < 1.29 is 9.78 Å². The molecule has 0 amide bonds. The molecule has 3 nitrogen and oxygen atoms in total. The molecule has 0 saturated heterocycles. The van der Waals surface area contributed by atoms with Gasteiger partial charge in [0.15, 0.2) is 11.5 Å². The number of pyridine rings is 1. The fourth-order valence-electron chi connectivity index (χ4n) is 3.75. The Morgan fingerprint density at radius 3 is 2.61 bits per heavy atom. The quantitative estimate of drug-likeness (QED) is 0.373. The van der Waals surface area contributed by atoms with E-state index in [1.54, 1.807) is 0 Å². The van der Waals surface area contributed by atoms with Crippen molar-refractivity contribution >= 4 is 17.5 Å². The number of aromatic nitrogens is 1. The first-order valence-corrected chi connectivity index (χ1v) is 10.3. The minimum absolute atomic E-state index is 0.0805. The minimum atomic E-state index is 0.0805. The summed E-state index contributed by atoms with van der Waals surface area (Å²) in [5, 5.41) is 10.3. The smallest absolute Gasteiger partial charge is 0.257 e. The number of aromatic amines is 1. The van der Waals surface area contributed by atoms with Crippen molar-refractivity contribution in [1.82, 2.24) is 0 Å². The molecule has 1 heterocycles.